The summed E-state index contributed by atoms with van der Waals surface area (Å²) in [6.45, 7) is 3.98. The van der Waals surface area contributed by atoms with Crippen LogP contribution < -0.4 is 0 Å². The van der Waals surface area contributed by atoms with Crippen LogP contribution in [0.2, 0.25) is 15.1 Å². The number of unbranched alkanes of at least 4 members (excludes halogenated alkanes) is 1. The van der Waals surface area contributed by atoms with E-state index in [0.717, 1.165) is 29.7 Å². The van der Waals surface area contributed by atoms with Gasteiger partial charge in [0.1, 0.15) is 6.10 Å². The molecule has 0 spiro atoms. The number of halogens is 3. The zero-order valence-electron chi connectivity index (χ0n) is 17.5. The molecule has 6 nitrogen and oxygen atoms in total. The summed E-state index contributed by atoms with van der Waals surface area (Å²) in [5, 5.41) is 24.9. The molecule has 0 aliphatic rings. The molecule has 1 unspecified atom stereocenters. The molecule has 2 heterocycles. The Hall–Kier alpha value is -2.38. The van der Waals surface area contributed by atoms with E-state index in [1.165, 1.54) is 0 Å². The number of aliphatic hydroxyl groups is 1. The van der Waals surface area contributed by atoms with Crippen molar-refractivity contribution in [3.63, 3.8) is 0 Å². The highest BCUT2D eigenvalue weighted by Crippen LogP contribution is 2.36. The summed E-state index contributed by atoms with van der Waals surface area (Å²) < 4.78 is 7.52. The number of aliphatic hydroxyl groups excluding tert-OH is 1. The lowest BCUT2D eigenvalue weighted by molar-refractivity contribution is 0.132. The van der Waals surface area contributed by atoms with Crippen molar-refractivity contribution >= 4 is 34.8 Å². The summed E-state index contributed by atoms with van der Waals surface area (Å²) in [6, 6.07) is 12.6. The molecule has 0 fully saturated rings. The molecule has 4 rings (SSSR count). The molecule has 0 amide bonds. The number of aromatic nitrogens is 4. The summed E-state index contributed by atoms with van der Waals surface area (Å²) in [5.74, 6) is 0.409. The SMILES string of the molecule is CCCCC(O)c1nnc(-c2nn(-c3ccc(Cl)cc3Cl)c(-c3ccc(Cl)cc3)c2C)o1. The second-order valence-corrected chi connectivity index (χ2v) is 8.72. The van der Waals surface area contributed by atoms with Gasteiger partial charge in [-0.05, 0) is 43.7 Å². The smallest absolute Gasteiger partial charge is 0.268 e. The van der Waals surface area contributed by atoms with E-state index >= 15 is 0 Å². The van der Waals surface area contributed by atoms with Crippen LogP contribution in [0.1, 0.15) is 43.7 Å². The van der Waals surface area contributed by atoms with E-state index < -0.39 is 6.10 Å². The Balaban J connectivity index is 1.85. The first-order chi connectivity index (χ1) is 15.4. The third-order valence-electron chi connectivity index (χ3n) is 5.14. The first-order valence-corrected chi connectivity index (χ1v) is 11.3. The van der Waals surface area contributed by atoms with E-state index in [4.69, 9.17) is 44.3 Å². The molecule has 0 saturated carbocycles. The molecular formula is C23H21Cl3N4O2. The third-order valence-corrected chi connectivity index (χ3v) is 5.93. The Bertz CT molecular complexity index is 1230. The molecule has 9 heteroatoms. The second kappa shape index (κ2) is 9.63. The Labute approximate surface area is 200 Å². The zero-order chi connectivity index (χ0) is 22.8. The van der Waals surface area contributed by atoms with E-state index in [1.54, 1.807) is 22.9 Å². The third kappa shape index (κ3) is 4.55. The minimum Gasteiger partial charge on any atom is -0.416 e. The fraction of sp³-hybridized carbons (Fsp3) is 0.261. The van der Waals surface area contributed by atoms with Crippen LogP contribution in [0, 0.1) is 6.92 Å². The van der Waals surface area contributed by atoms with Gasteiger partial charge in [0.15, 0.2) is 5.69 Å². The van der Waals surface area contributed by atoms with Crippen molar-refractivity contribution in [2.24, 2.45) is 0 Å². The van der Waals surface area contributed by atoms with Gasteiger partial charge in [0.2, 0.25) is 5.89 Å². The standard InChI is InChI=1S/C23H21Cl3N4O2/c1-3-4-5-19(31)22-27-28-23(32-22)20-13(2)21(14-6-8-15(24)9-7-14)30(29-20)18-11-10-16(25)12-17(18)26/h6-12,19,31H,3-5H2,1-2H3. The first kappa shape index (κ1) is 22.8. The van der Waals surface area contributed by atoms with E-state index in [9.17, 15) is 5.11 Å². The molecule has 0 saturated heterocycles. The van der Waals surface area contributed by atoms with Gasteiger partial charge in [-0.15, -0.1) is 10.2 Å². The van der Waals surface area contributed by atoms with Crippen molar-refractivity contribution in [2.75, 3.05) is 0 Å². The maximum absolute atomic E-state index is 10.3. The molecule has 0 aliphatic carbocycles. The number of benzene rings is 2. The Kier molecular flexibility index (Phi) is 6.86. The molecule has 1 N–H and O–H groups in total. The van der Waals surface area contributed by atoms with Gasteiger partial charge in [-0.25, -0.2) is 4.68 Å². The van der Waals surface area contributed by atoms with Crippen LogP contribution in [0.4, 0.5) is 0 Å². The number of hydrogen-bond acceptors (Lipinski definition) is 5. The molecule has 1 atom stereocenters. The van der Waals surface area contributed by atoms with Gasteiger partial charge >= 0.3 is 0 Å². The molecule has 32 heavy (non-hydrogen) atoms. The largest absolute Gasteiger partial charge is 0.416 e. The van der Waals surface area contributed by atoms with Crippen LogP contribution in [0.3, 0.4) is 0 Å². The number of rotatable bonds is 7. The van der Waals surface area contributed by atoms with Crippen molar-refractivity contribution < 1.29 is 9.52 Å². The lowest BCUT2D eigenvalue weighted by Crippen LogP contribution is -2.00. The maximum Gasteiger partial charge on any atom is 0.268 e. The number of nitrogens with zero attached hydrogens (tertiary/aromatic N) is 4. The lowest BCUT2D eigenvalue weighted by atomic mass is 10.1. The lowest BCUT2D eigenvalue weighted by Gasteiger charge is -2.11. The quantitative estimate of drug-likeness (QED) is 0.299. The minimum atomic E-state index is -0.806. The monoisotopic (exact) mass is 490 g/mol. The molecular weight excluding hydrogens is 471 g/mol. The maximum atomic E-state index is 10.3. The van der Waals surface area contributed by atoms with Crippen molar-refractivity contribution in [3.05, 3.63) is 69.0 Å². The van der Waals surface area contributed by atoms with Gasteiger partial charge in [0, 0.05) is 21.2 Å². The molecule has 166 valence electrons. The molecule has 4 aromatic rings. The average molecular weight is 492 g/mol. The van der Waals surface area contributed by atoms with E-state index in [-0.39, 0.29) is 11.8 Å². The molecule has 0 radical (unpaired) electrons. The summed E-state index contributed by atoms with van der Waals surface area (Å²) in [7, 11) is 0. The molecule has 2 aromatic carbocycles. The van der Waals surface area contributed by atoms with Crippen molar-refractivity contribution in [3.8, 4) is 28.5 Å². The molecule has 0 aliphatic heterocycles. The van der Waals surface area contributed by atoms with Crippen molar-refractivity contribution in [1.29, 1.82) is 0 Å². The molecule has 2 aromatic heterocycles. The molecule has 0 bridgehead atoms. The zero-order valence-corrected chi connectivity index (χ0v) is 19.8. The predicted molar refractivity (Wildman–Crippen MR) is 127 cm³/mol. The van der Waals surface area contributed by atoms with E-state index in [2.05, 4.69) is 17.1 Å². The normalized spacial score (nSPS) is 12.3. The predicted octanol–water partition coefficient (Wildman–Crippen LogP) is 7.08. The summed E-state index contributed by atoms with van der Waals surface area (Å²) in [6.07, 6.45) is 1.58. The van der Waals surface area contributed by atoms with Crippen LogP contribution in [0.5, 0.6) is 0 Å². The van der Waals surface area contributed by atoms with Crippen molar-refractivity contribution in [2.45, 2.75) is 39.2 Å². The summed E-state index contributed by atoms with van der Waals surface area (Å²) in [5.41, 5.74) is 3.66. The minimum absolute atomic E-state index is 0.181. The Morgan fingerprint density at radius 1 is 1.03 bits per heavy atom. The van der Waals surface area contributed by atoms with Gasteiger partial charge in [-0.1, -0.05) is 66.7 Å². The fourth-order valence-electron chi connectivity index (χ4n) is 3.46. The van der Waals surface area contributed by atoms with Crippen LogP contribution in [0.25, 0.3) is 28.5 Å². The van der Waals surface area contributed by atoms with Crippen LogP contribution in [-0.2, 0) is 0 Å². The summed E-state index contributed by atoms with van der Waals surface area (Å²) >= 11 is 18.7. The van der Waals surface area contributed by atoms with Gasteiger partial charge in [-0.3, -0.25) is 0 Å². The van der Waals surface area contributed by atoms with Crippen LogP contribution in [-0.4, -0.2) is 25.1 Å². The highest BCUT2D eigenvalue weighted by Gasteiger charge is 2.25. The topological polar surface area (TPSA) is 77.0 Å². The summed E-state index contributed by atoms with van der Waals surface area (Å²) in [4.78, 5) is 0. The fourth-order valence-corrected chi connectivity index (χ4v) is 4.07. The van der Waals surface area contributed by atoms with Crippen LogP contribution >= 0.6 is 34.8 Å². The highest BCUT2D eigenvalue weighted by atomic mass is 35.5. The van der Waals surface area contributed by atoms with E-state index in [1.807, 2.05) is 31.2 Å². The number of hydrogen-bond donors (Lipinski definition) is 1. The van der Waals surface area contributed by atoms with Gasteiger partial charge < -0.3 is 9.52 Å². The van der Waals surface area contributed by atoms with Gasteiger partial charge in [0.05, 0.1) is 16.4 Å². The Morgan fingerprint density at radius 3 is 2.44 bits per heavy atom. The average Bonchev–Trinajstić information content (AvgIpc) is 3.38. The van der Waals surface area contributed by atoms with Gasteiger partial charge in [0.25, 0.3) is 5.89 Å². The van der Waals surface area contributed by atoms with E-state index in [0.29, 0.717) is 32.9 Å². The highest BCUT2D eigenvalue weighted by molar-refractivity contribution is 6.35. The first-order valence-electron chi connectivity index (χ1n) is 10.2. The van der Waals surface area contributed by atoms with Crippen LogP contribution in [0.15, 0.2) is 46.9 Å². The second-order valence-electron chi connectivity index (χ2n) is 7.44. The Morgan fingerprint density at radius 2 is 1.75 bits per heavy atom. The van der Waals surface area contributed by atoms with Gasteiger partial charge in [-0.2, -0.15) is 5.10 Å². The van der Waals surface area contributed by atoms with Crippen molar-refractivity contribution in [1.82, 2.24) is 20.0 Å².